The summed E-state index contributed by atoms with van der Waals surface area (Å²) in [7, 11) is 0. The molecular formula is C9H12F3N3O3S. The van der Waals surface area contributed by atoms with E-state index >= 15 is 0 Å². The van der Waals surface area contributed by atoms with E-state index in [0.717, 1.165) is 5.69 Å². The summed E-state index contributed by atoms with van der Waals surface area (Å²) < 4.78 is 31.7. The summed E-state index contributed by atoms with van der Waals surface area (Å²) in [6.45, 7) is 2.32. The van der Waals surface area contributed by atoms with Crippen LogP contribution in [0.3, 0.4) is 0 Å². The predicted molar refractivity (Wildman–Crippen MR) is 61.3 cm³/mol. The number of thiazole rings is 1. The highest BCUT2D eigenvalue weighted by atomic mass is 32.1. The van der Waals surface area contributed by atoms with Crippen LogP contribution >= 0.6 is 11.3 Å². The second-order valence-electron chi connectivity index (χ2n) is 3.29. The van der Waals surface area contributed by atoms with Gasteiger partial charge in [-0.25, -0.2) is 9.78 Å². The normalized spacial score (nSPS) is 12.2. The fourth-order valence-corrected chi connectivity index (χ4v) is 1.24. The molecule has 0 aliphatic rings. The number of aromatic nitrogens is 1. The van der Waals surface area contributed by atoms with E-state index < -0.39 is 12.1 Å². The Balaban J connectivity index is 0.000000399. The Bertz CT molecular complexity index is 409. The first-order valence-corrected chi connectivity index (χ1v) is 5.78. The van der Waals surface area contributed by atoms with Gasteiger partial charge >= 0.3 is 12.1 Å². The molecule has 4 N–H and O–H groups in total. The molecule has 1 atom stereocenters. The quantitative estimate of drug-likeness (QED) is 0.760. The molecule has 1 aromatic rings. The Kier molecular flexibility index (Phi) is 7.01. The number of carboxylic acids is 1. The van der Waals surface area contributed by atoms with Crippen molar-refractivity contribution in [2.45, 2.75) is 25.7 Å². The van der Waals surface area contributed by atoms with Crippen molar-refractivity contribution in [1.29, 1.82) is 0 Å². The summed E-state index contributed by atoms with van der Waals surface area (Å²) in [5.74, 6) is -3.10. The number of carboxylic acid groups (broad SMARTS) is 1. The number of aliphatic carboxylic acids is 1. The molecule has 1 rings (SSSR count). The maximum absolute atomic E-state index is 10.6. The van der Waals surface area contributed by atoms with Crippen LogP contribution in [0.15, 0.2) is 10.9 Å². The van der Waals surface area contributed by atoms with Crippen molar-refractivity contribution in [1.82, 2.24) is 10.3 Å². The summed E-state index contributed by atoms with van der Waals surface area (Å²) >= 11 is 1.53. The third-order valence-corrected chi connectivity index (χ3v) is 2.38. The Labute approximate surface area is 110 Å². The maximum Gasteiger partial charge on any atom is 0.490 e. The molecule has 1 amide bonds. The van der Waals surface area contributed by atoms with E-state index in [1.807, 2.05) is 5.38 Å². The van der Waals surface area contributed by atoms with Crippen LogP contribution < -0.4 is 11.1 Å². The number of carbonyl (C=O) groups is 2. The smallest absolute Gasteiger partial charge is 0.475 e. The van der Waals surface area contributed by atoms with Crippen LogP contribution in [-0.4, -0.2) is 34.2 Å². The van der Waals surface area contributed by atoms with E-state index in [4.69, 9.17) is 15.6 Å². The highest BCUT2D eigenvalue weighted by Crippen LogP contribution is 2.13. The van der Waals surface area contributed by atoms with Gasteiger partial charge in [-0.05, 0) is 6.92 Å². The van der Waals surface area contributed by atoms with E-state index in [9.17, 15) is 18.0 Å². The van der Waals surface area contributed by atoms with Crippen LogP contribution in [0.2, 0.25) is 0 Å². The summed E-state index contributed by atoms with van der Waals surface area (Å²) in [6, 6.07) is -0.299. The van der Waals surface area contributed by atoms with Gasteiger partial charge < -0.3 is 16.2 Å². The second kappa shape index (κ2) is 7.69. The largest absolute Gasteiger partial charge is 0.490 e. The molecule has 0 aromatic carbocycles. The van der Waals surface area contributed by atoms with Gasteiger partial charge in [0.2, 0.25) is 5.91 Å². The van der Waals surface area contributed by atoms with Crippen LogP contribution in [0.1, 0.15) is 12.6 Å². The number of nitrogens with two attached hydrogens (primary N) is 1. The topological polar surface area (TPSA) is 105 Å². The average molecular weight is 299 g/mol. The average Bonchev–Trinajstić information content (AvgIpc) is 2.77. The molecule has 6 nitrogen and oxygen atoms in total. The SMILES string of the molecule is CC(NCc1cscn1)C(N)=O.O=C(O)C(F)(F)F. The van der Waals surface area contributed by atoms with E-state index in [1.165, 1.54) is 11.3 Å². The lowest BCUT2D eigenvalue weighted by Crippen LogP contribution is -2.38. The number of hydrogen-bond acceptors (Lipinski definition) is 5. The number of carbonyl (C=O) groups excluding carboxylic acids is 1. The zero-order chi connectivity index (χ0) is 15.1. The Morgan fingerprint density at radius 3 is 2.42 bits per heavy atom. The minimum atomic E-state index is -5.08. The van der Waals surface area contributed by atoms with Crippen molar-refractivity contribution >= 4 is 23.2 Å². The molecule has 0 saturated carbocycles. The van der Waals surface area contributed by atoms with Crippen molar-refractivity contribution < 1.29 is 27.9 Å². The Morgan fingerprint density at radius 1 is 1.58 bits per heavy atom. The second-order valence-corrected chi connectivity index (χ2v) is 4.01. The van der Waals surface area contributed by atoms with E-state index in [1.54, 1.807) is 12.4 Å². The van der Waals surface area contributed by atoms with Crippen LogP contribution in [0.5, 0.6) is 0 Å². The molecule has 0 bridgehead atoms. The number of primary amides is 1. The van der Waals surface area contributed by atoms with Crippen molar-refractivity contribution in [2.24, 2.45) is 5.73 Å². The van der Waals surface area contributed by atoms with Crippen LogP contribution in [-0.2, 0) is 16.1 Å². The summed E-state index contributed by atoms with van der Waals surface area (Å²) in [4.78, 5) is 23.5. The van der Waals surface area contributed by atoms with Gasteiger partial charge in [0.25, 0.3) is 0 Å². The first-order valence-electron chi connectivity index (χ1n) is 4.84. The predicted octanol–water partition coefficient (Wildman–Crippen LogP) is 0.740. The van der Waals surface area contributed by atoms with Crippen molar-refractivity contribution in [3.05, 3.63) is 16.6 Å². The van der Waals surface area contributed by atoms with Crippen molar-refractivity contribution in [3.8, 4) is 0 Å². The summed E-state index contributed by atoms with van der Waals surface area (Å²) in [5.41, 5.74) is 7.75. The number of rotatable bonds is 4. The summed E-state index contributed by atoms with van der Waals surface area (Å²) in [5, 5.41) is 12.0. The molecular weight excluding hydrogens is 287 g/mol. The molecule has 0 aliphatic carbocycles. The lowest BCUT2D eigenvalue weighted by Gasteiger charge is -2.07. The minimum absolute atomic E-state index is 0.299. The zero-order valence-corrected chi connectivity index (χ0v) is 10.6. The molecule has 1 heterocycles. The lowest BCUT2D eigenvalue weighted by atomic mass is 10.3. The fraction of sp³-hybridized carbons (Fsp3) is 0.444. The van der Waals surface area contributed by atoms with Crippen molar-refractivity contribution in [3.63, 3.8) is 0 Å². The molecule has 0 saturated heterocycles. The van der Waals surface area contributed by atoms with Crippen LogP contribution in [0, 0.1) is 0 Å². The third-order valence-electron chi connectivity index (χ3n) is 1.74. The molecule has 0 aliphatic heterocycles. The molecule has 1 aromatic heterocycles. The van der Waals surface area contributed by atoms with E-state index in [0.29, 0.717) is 6.54 Å². The molecule has 108 valence electrons. The third kappa shape index (κ3) is 8.11. The fourth-order valence-electron chi connectivity index (χ4n) is 0.683. The maximum atomic E-state index is 10.6. The molecule has 19 heavy (non-hydrogen) atoms. The van der Waals surface area contributed by atoms with Gasteiger partial charge in [0.05, 0.1) is 17.2 Å². The van der Waals surface area contributed by atoms with Crippen LogP contribution in [0.25, 0.3) is 0 Å². The van der Waals surface area contributed by atoms with Gasteiger partial charge in [-0.2, -0.15) is 13.2 Å². The van der Waals surface area contributed by atoms with Gasteiger partial charge in [-0.3, -0.25) is 4.79 Å². The number of nitrogens with zero attached hydrogens (tertiary/aromatic N) is 1. The minimum Gasteiger partial charge on any atom is -0.475 e. The number of amides is 1. The standard InChI is InChI=1S/C7H11N3OS.C2HF3O2/c1-5(7(8)11)9-2-6-3-12-4-10-6;3-2(4,5)1(6)7/h3-5,9H,2H2,1H3,(H2,8,11);(H,6,7). The van der Waals surface area contributed by atoms with E-state index in [2.05, 4.69) is 10.3 Å². The first-order chi connectivity index (χ1) is 8.64. The molecule has 0 radical (unpaired) electrons. The van der Waals surface area contributed by atoms with E-state index in [-0.39, 0.29) is 11.9 Å². The Morgan fingerprint density at radius 2 is 2.11 bits per heavy atom. The molecule has 0 spiro atoms. The highest BCUT2D eigenvalue weighted by molar-refractivity contribution is 7.07. The zero-order valence-electron chi connectivity index (χ0n) is 9.77. The number of alkyl halides is 3. The molecule has 10 heteroatoms. The van der Waals surface area contributed by atoms with Gasteiger partial charge in [-0.15, -0.1) is 11.3 Å². The molecule has 1 unspecified atom stereocenters. The number of nitrogens with one attached hydrogen (secondary N) is 1. The van der Waals surface area contributed by atoms with Crippen molar-refractivity contribution in [2.75, 3.05) is 0 Å². The first kappa shape index (κ1) is 17.3. The lowest BCUT2D eigenvalue weighted by molar-refractivity contribution is -0.192. The van der Waals surface area contributed by atoms with Gasteiger partial charge in [0.15, 0.2) is 0 Å². The molecule has 0 fully saturated rings. The van der Waals surface area contributed by atoms with Gasteiger partial charge in [-0.1, -0.05) is 0 Å². The summed E-state index contributed by atoms with van der Waals surface area (Å²) in [6.07, 6.45) is -5.08. The van der Waals surface area contributed by atoms with Crippen LogP contribution in [0.4, 0.5) is 13.2 Å². The monoisotopic (exact) mass is 299 g/mol. The van der Waals surface area contributed by atoms with Gasteiger partial charge in [0.1, 0.15) is 0 Å². The number of hydrogen-bond donors (Lipinski definition) is 3. The van der Waals surface area contributed by atoms with Gasteiger partial charge in [0, 0.05) is 11.9 Å². The highest BCUT2D eigenvalue weighted by Gasteiger charge is 2.38. The number of halogens is 3. The Hall–Kier alpha value is -1.68.